The summed E-state index contributed by atoms with van der Waals surface area (Å²) in [4.78, 5) is 8.35. The highest BCUT2D eigenvalue weighted by atomic mass is 16.5. The molecule has 0 spiro atoms. The second-order valence-electron chi connectivity index (χ2n) is 4.49. The monoisotopic (exact) mass is 255 g/mol. The molecule has 0 aliphatic carbocycles. The summed E-state index contributed by atoms with van der Waals surface area (Å²) in [5.74, 6) is 2.42. The van der Waals surface area contributed by atoms with Crippen molar-refractivity contribution < 1.29 is 9.84 Å². The number of hydrogen-bond donors (Lipinski definition) is 2. The fraction of sp³-hybridized carbons (Fsp3) is 0.692. The van der Waals surface area contributed by atoms with Gasteiger partial charge in [-0.1, -0.05) is 21.3 Å². The zero-order valence-electron chi connectivity index (χ0n) is 10.9. The Hall–Kier alpha value is -1.36. The molecule has 0 aliphatic rings. The number of methoxy groups -OCH3 is 1. The molecule has 0 amide bonds. The van der Waals surface area contributed by atoms with E-state index in [-0.39, 0.29) is 20.1 Å². The van der Waals surface area contributed by atoms with E-state index in [1.165, 1.54) is 0 Å². The molecule has 1 aromatic rings. The number of rotatable bonds is 6. The number of aliphatic hydroxyl groups is 1. The van der Waals surface area contributed by atoms with Gasteiger partial charge in [-0.05, 0) is 19.3 Å². The Bertz CT molecular complexity index is 356. The standard InChI is InChI=1S/C12H21N3O2.CH4/c1-8(2)5-10(7-16)15-12-11(17-4)6-13-9(3)14-12;/h6,8,10,16H,5,7H2,1-4H3,(H,13,14,15);1H4/t10-;/m0./s1. The molecule has 0 aromatic carbocycles. The number of anilines is 1. The predicted octanol–water partition coefficient (Wildman–Crippen LogP) is 2.25. The predicted molar refractivity (Wildman–Crippen MR) is 74.0 cm³/mol. The summed E-state index contributed by atoms with van der Waals surface area (Å²) in [6.45, 7) is 6.13. The molecule has 0 aliphatic heterocycles. The Labute approximate surface area is 110 Å². The van der Waals surface area contributed by atoms with Crippen LogP contribution in [0.25, 0.3) is 0 Å². The van der Waals surface area contributed by atoms with Gasteiger partial charge in [-0.2, -0.15) is 0 Å². The molecule has 0 saturated carbocycles. The Balaban J connectivity index is 0.00000289. The number of aromatic nitrogens is 2. The van der Waals surface area contributed by atoms with Crippen LogP contribution in [0, 0.1) is 12.8 Å². The normalized spacial score (nSPS) is 11.9. The number of ether oxygens (including phenoxy) is 1. The Morgan fingerprint density at radius 2 is 2.11 bits per heavy atom. The highest BCUT2D eigenvalue weighted by Crippen LogP contribution is 2.22. The SMILES string of the molecule is C.COc1cnc(C)nc1N[C@H](CO)CC(C)C. The molecule has 104 valence electrons. The van der Waals surface area contributed by atoms with E-state index in [9.17, 15) is 5.11 Å². The molecule has 0 radical (unpaired) electrons. The van der Waals surface area contributed by atoms with Crippen LogP contribution in [-0.4, -0.2) is 34.8 Å². The topological polar surface area (TPSA) is 67.3 Å². The highest BCUT2D eigenvalue weighted by molar-refractivity contribution is 5.49. The van der Waals surface area contributed by atoms with Crippen LogP contribution in [0.5, 0.6) is 5.75 Å². The number of nitrogens with one attached hydrogen (secondary N) is 1. The van der Waals surface area contributed by atoms with Gasteiger partial charge in [0.15, 0.2) is 11.6 Å². The van der Waals surface area contributed by atoms with Crippen molar-refractivity contribution in [3.05, 3.63) is 12.0 Å². The van der Waals surface area contributed by atoms with Crippen molar-refractivity contribution in [2.24, 2.45) is 5.92 Å². The molecule has 5 nitrogen and oxygen atoms in total. The molecule has 5 heteroatoms. The Kier molecular flexibility index (Phi) is 7.27. The third kappa shape index (κ3) is 4.87. The zero-order chi connectivity index (χ0) is 12.8. The van der Waals surface area contributed by atoms with Crippen LogP contribution in [0.1, 0.15) is 33.5 Å². The maximum atomic E-state index is 9.32. The van der Waals surface area contributed by atoms with Crippen molar-refractivity contribution in [3.8, 4) is 5.75 Å². The quantitative estimate of drug-likeness (QED) is 0.816. The van der Waals surface area contributed by atoms with Crippen molar-refractivity contribution in [2.45, 2.75) is 40.7 Å². The molecule has 1 heterocycles. The van der Waals surface area contributed by atoms with E-state index in [2.05, 4.69) is 29.1 Å². The summed E-state index contributed by atoms with van der Waals surface area (Å²) < 4.78 is 5.18. The molecule has 1 atom stereocenters. The van der Waals surface area contributed by atoms with Crippen LogP contribution < -0.4 is 10.1 Å². The van der Waals surface area contributed by atoms with Crippen molar-refractivity contribution in [3.63, 3.8) is 0 Å². The number of hydrogen-bond acceptors (Lipinski definition) is 5. The number of nitrogens with zero attached hydrogens (tertiary/aromatic N) is 2. The summed E-state index contributed by atoms with van der Waals surface area (Å²) in [6, 6.07) is -0.0156. The summed E-state index contributed by atoms with van der Waals surface area (Å²) >= 11 is 0. The molecule has 1 aromatic heterocycles. The van der Waals surface area contributed by atoms with Gasteiger partial charge < -0.3 is 15.2 Å². The molecule has 0 bridgehead atoms. The number of aryl methyl sites for hydroxylation is 1. The molecule has 2 N–H and O–H groups in total. The summed E-state index contributed by atoms with van der Waals surface area (Å²) in [7, 11) is 1.58. The van der Waals surface area contributed by atoms with Gasteiger partial charge in [0.1, 0.15) is 5.82 Å². The maximum absolute atomic E-state index is 9.32. The third-order valence-corrected chi connectivity index (χ3v) is 2.41. The Morgan fingerprint density at radius 1 is 1.44 bits per heavy atom. The van der Waals surface area contributed by atoms with Gasteiger partial charge in [-0.3, -0.25) is 0 Å². The molecule has 18 heavy (non-hydrogen) atoms. The minimum Gasteiger partial charge on any atom is -0.491 e. The molecule has 0 saturated heterocycles. The van der Waals surface area contributed by atoms with E-state index in [0.29, 0.717) is 23.3 Å². The summed E-state index contributed by atoms with van der Waals surface area (Å²) in [5, 5.41) is 12.5. The van der Waals surface area contributed by atoms with Gasteiger partial charge in [-0.15, -0.1) is 0 Å². The molecular weight excluding hydrogens is 230 g/mol. The average Bonchev–Trinajstić information content (AvgIpc) is 2.28. The smallest absolute Gasteiger partial charge is 0.179 e. The second-order valence-corrected chi connectivity index (χ2v) is 4.49. The van der Waals surface area contributed by atoms with Crippen LogP contribution in [-0.2, 0) is 0 Å². The first-order valence-corrected chi connectivity index (χ1v) is 5.81. The van der Waals surface area contributed by atoms with Crippen LogP contribution in [0.2, 0.25) is 0 Å². The van der Waals surface area contributed by atoms with E-state index in [1.54, 1.807) is 13.3 Å². The van der Waals surface area contributed by atoms with E-state index in [1.807, 2.05) is 6.92 Å². The van der Waals surface area contributed by atoms with Gasteiger partial charge in [0.05, 0.1) is 26.0 Å². The first-order valence-electron chi connectivity index (χ1n) is 5.81. The van der Waals surface area contributed by atoms with Gasteiger partial charge in [0.2, 0.25) is 0 Å². The lowest BCUT2D eigenvalue weighted by Gasteiger charge is -2.20. The fourth-order valence-corrected chi connectivity index (χ4v) is 1.65. The zero-order valence-corrected chi connectivity index (χ0v) is 10.9. The van der Waals surface area contributed by atoms with Crippen molar-refractivity contribution in [1.82, 2.24) is 9.97 Å². The van der Waals surface area contributed by atoms with Crippen molar-refractivity contribution in [1.29, 1.82) is 0 Å². The minimum atomic E-state index is -0.0156. The maximum Gasteiger partial charge on any atom is 0.179 e. The molecular formula is C13H25N3O2. The lowest BCUT2D eigenvalue weighted by Crippen LogP contribution is -2.26. The van der Waals surface area contributed by atoms with Crippen LogP contribution >= 0.6 is 0 Å². The van der Waals surface area contributed by atoms with Gasteiger partial charge in [0.25, 0.3) is 0 Å². The van der Waals surface area contributed by atoms with Crippen LogP contribution in [0.15, 0.2) is 6.20 Å². The van der Waals surface area contributed by atoms with Crippen LogP contribution in [0.3, 0.4) is 0 Å². The van der Waals surface area contributed by atoms with Gasteiger partial charge in [-0.25, -0.2) is 9.97 Å². The van der Waals surface area contributed by atoms with E-state index >= 15 is 0 Å². The van der Waals surface area contributed by atoms with Gasteiger partial charge >= 0.3 is 0 Å². The first kappa shape index (κ1) is 16.6. The largest absolute Gasteiger partial charge is 0.491 e. The van der Waals surface area contributed by atoms with Crippen LogP contribution in [0.4, 0.5) is 5.82 Å². The average molecular weight is 255 g/mol. The summed E-state index contributed by atoms with van der Waals surface area (Å²) in [6.07, 6.45) is 2.51. The molecule has 0 fully saturated rings. The molecule has 1 rings (SSSR count). The van der Waals surface area contributed by atoms with Crippen molar-refractivity contribution in [2.75, 3.05) is 19.0 Å². The van der Waals surface area contributed by atoms with E-state index < -0.39 is 0 Å². The van der Waals surface area contributed by atoms with Crippen molar-refractivity contribution >= 4 is 5.82 Å². The number of aliphatic hydroxyl groups excluding tert-OH is 1. The third-order valence-electron chi connectivity index (χ3n) is 2.41. The van der Waals surface area contributed by atoms with Gasteiger partial charge in [0, 0.05) is 0 Å². The van der Waals surface area contributed by atoms with E-state index in [0.717, 1.165) is 6.42 Å². The lowest BCUT2D eigenvalue weighted by molar-refractivity contribution is 0.258. The molecule has 0 unspecified atom stereocenters. The first-order chi connectivity index (χ1) is 8.06. The Morgan fingerprint density at radius 3 is 2.61 bits per heavy atom. The lowest BCUT2D eigenvalue weighted by atomic mass is 10.0. The minimum absolute atomic E-state index is 0. The highest BCUT2D eigenvalue weighted by Gasteiger charge is 2.13. The summed E-state index contributed by atoms with van der Waals surface area (Å²) in [5.41, 5.74) is 0. The fourth-order valence-electron chi connectivity index (χ4n) is 1.65. The second kappa shape index (κ2) is 7.87. The van der Waals surface area contributed by atoms with E-state index in [4.69, 9.17) is 4.74 Å².